The van der Waals surface area contributed by atoms with Crippen molar-refractivity contribution >= 4 is 11.8 Å². The normalized spacial score (nSPS) is 17.5. The highest BCUT2D eigenvalue weighted by Crippen LogP contribution is 2.16. The van der Waals surface area contributed by atoms with Crippen LogP contribution in [0.15, 0.2) is 30.3 Å². The van der Waals surface area contributed by atoms with Crippen molar-refractivity contribution in [2.75, 3.05) is 26.2 Å². The molecule has 1 aliphatic heterocycles. The molecule has 1 aliphatic rings. The number of hydrogen-bond donors (Lipinski definition) is 0. The van der Waals surface area contributed by atoms with Gasteiger partial charge in [0.2, 0.25) is 5.91 Å². The van der Waals surface area contributed by atoms with Crippen molar-refractivity contribution in [3.05, 3.63) is 53.1 Å². The van der Waals surface area contributed by atoms with Gasteiger partial charge in [-0.1, -0.05) is 26.0 Å². The predicted octanol–water partition coefficient (Wildman–Crippen LogP) is 2.39. The summed E-state index contributed by atoms with van der Waals surface area (Å²) in [6, 6.07) is 7.95. The maximum absolute atomic E-state index is 13.5. The Morgan fingerprint density at radius 3 is 2.70 bits per heavy atom. The van der Waals surface area contributed by atoms with E-state index >= 15 is 0 Å². The summed E-state index contributed by atoms with van der Waals surface area (Å²) in [6.07, 6.45) is -0.378. The molecule has 1 aromatic carbocycles. The summed E-state index contributed by atoms with van der Waals surface area (Å²) in [5, 5.41) is 4.23. The van der Waals surface area contributed by atoms with E-state index in [0.717, 1.165) is 5.69 Å². The van der Waals surface area contributed by atoms with Crippen LogP contribution in [0.5, 0.6) is 0 Å². The van der Waals surface area contributed by atoms with Gasteiger partial charge < -0.3 is 14.5 Å². The summed E-state index contributed by atoms with van der Waals surface area (Å²) in [5.74, 6) is -0.387. The van der Waals surface area contributed by atoms with Crippen LogP contribution in [0.3, 0.4) is 0 Å². The van der Waals surface area contributed by atoms with Gasteiger partial charge in [-0.3, -0.25) is 14.3 Å². The van der Waals surface area contributed by atoms with Crippen molar-refractivity contribution in [1.29, 1.82) is 0 Å². The molecule has 0 N–H and O–H groups in total. The first-order chi connectivity index (χ1) is 14.2. The van der Waals surface area contributed by atoms with E-state index in [4.69, 9.17) is 4.74 Å². The van der Waals surface area contributed by atoms with Gasteiger partial charge in [0.25, 0.3) is 5.91 Å². The molecule has 1 atom stereocenters. The third kappa shape index (κ3) is 5.44. The van der Waals surface area contributed by atoms with E-state index < -0.39 is 0 Å². The van der Waals surface area contributed by atoms with Gasteiger partial charge in [0.05, 0.1) is 18.4 Å². The maximum Gasteiger partial charge on any atom is 0.272 e. The fraction of sp³-hybridized carbons (Fsp3) is 0.500. The van der Waals surface area contributed by atoms with E-state index in [-0.39, 0.29) is 43.4 Å². The first-order valence-electron chi connectivity index (χ1n) is 10.2. The fourth-order valence-electron chi connectivity index (χ4n) is 3.67. The number of ether oxygens (including phenoxy) is 1. The van der Waals surface area contributed by atoms with Gasteiger partial charge in [-0.05, 0) is 36.6 Å². The van der Waals surface area contributed by atoms with Crippen LogP contribution in [-0.2, 0) is 23.2 Å². The minimum atomic E-state index is -0.378. The first-order valence-corrected chi connectivity index (χ1v) is 10.2. The Labute approximate surface area is 176 Å². The number of carbonyl (C=O) groups excluding carboxylic acids is 2. The Hall–Kier alpha value is -2.74. The highest BCUT2D eigenvalue weighted by Gasteiger charge is 2.32. The van der Waals surface area contributed by atoms with Crippen LogP contribution in [-0.4, -0.2) is 63.7 Å². The zero-order valence-corrected chi connectivity index (χ0v) is 18.0. The third-order valence-corrected chi connectivity index (χ3v) is 5.00. The van der Waals surface area contributed by atoms with Crippen LogP contribution in [0.2, 0.25) is 0 Å². The third-order valence-electron chi connectivity index (χ3n) is 5.00. The molecule has 0 bridgehead atoms. The maximum atomic E-state index is 13.5. The van der Waals surface area contributed by atoms with Crippen LogP contribution in [0.25, 0.3) is 0 Å². The molecule has 2 aromatic rings. The predicted molar refractivity (Wildman–Crippen MR) is 110 cm³/mol. The highest BCUT2D eigenvalue weighted by atomic mass is 19.1. The molecular weight excluding hydrogens is 387 g/mol. The lowest BCUT2D eigenvalue weighted by atomic mass is 10.2. The van der Waals surface area contributed by atoms with Gasteiger partial charge in [0, 0.05) is 26.7 Å². The molecular formula is C22H29FN4O3. The lowest BCUT2D eigenvalue weighted by Crippen LogP contribution is -2.41. The summed E-state index contributed by atoms with van der Waals surface area (Å²) < 4.78 is 21.0. The number of amides is 2. The van der Waals surface area contributed by atoms with Crippen molar-refractivity contribution in [2.24, 2.45) is 13.0 Å². The van der Waals surface area contributed by atoms with Crippen molar-refractivity contribution in [3.8, 4) is 0 Å². The van der Waals surface area contributed by atoms with Crippen molar-refractivity contribution < 1.29 is 18.7 Å². The minimum absolute atomic E-state index is 0.00436. The summed E-state index contributed by atoms with van der Waals surface area (Å²) >= 11 is 0. The van der Waals surface area contributed by atoms with Crippen LogP contribution < -0.4 is 0 Å². The molecule has 30 heavy (non-hydrogen) atoms. The SMILES string of the molecule is Cc1cc(C(=O)N2CC(=O)N(CC(C)C)CC(OCc3cccc(F)c3)C2)n(C)n1. The number of carbonyl (C=O) groups is 2. The van der Waals surface area contributed by atoms with Gasteiger partial charge in [-0.2, -0.15) is 5.10 Å². The molecule has 7 nitrogen and oxygen atoms in total. The Kier molecular flexibility index (Phi) is 6.87. The summed E-state index contributed by atoms with van der Waals surface area (Å²) in [4.78, 5) is 29.2. The number of hydrogen-bond acceptors (Lipinski definition) is 4. The van der Waals surface area contributed by atoms with Crippen LogP contribution in [0, 0.1) is 18.7 Å². The molecule has 1 fully saturated rings. The van der Waals surface area contributed by atoms with Crippen molar-refractivity contribution in [1.82, 2.24) is 19.6 Å². The number of nitrogens with zero attached hydrogens (tertiary/aromatic N) is 4. The summed E-state index contributed by atoms with van der Waals surface area (Å²) in [6.45, 7) is 7.36. The number of halogens is 1. The molecule has 0 spiro atoms. The second-order valence-electron chi connectivity index (χ2n) is 8.24. The molecule has 162 valence electrons. The number of rotatable bonds is 6. The highest BCUT2D eigenvalue weighted by molar-refractivity contribution is 5.95. The fourth-order valence-corrected chi connectivity index (χ4v) is 3.67. The van der Waals surface area contributed by atoms with Crippen LogP contribution >= 0.6 is 0 Å². The average Bonchev–Trinajstić information content (AvgIpc) is 2.93. The van der Waals surface area contributed by atoms with Gasteiger partial charge in [-0.15, -0.1) is 0 Å². The minimum Gasteiger partial charge on any atom is -0.370 e. The quantitative estimate of drug-likeness (QED) is 0.725. The molecule has 2 heterocycles. The molecule has 0 radical (unpaired) electrons. The molecule has 0 saturated carbocycles. The molecule has 1 saturated heterocycles. The van der Waals surface area contributed by atoms with E-state index in [2.05, 4.69) is 5.10 Å². The van der Waals surface area contributed by atoms with E-state index in [9.17, 15) is 14.0 Å². The average molecular weight is 416 g/mol. The standard InChI is InChI=1S/C22H29FN4O3/c1-15(2)10-26-11-19(30-14-17-6-5-7-18(23)9-17)12-27(13-21(26)28)22(29)20-8-16(3)24-25(20)4/h5-9,15,19H,10-14H2,1-4H3. The van der Waals surface area contributed by atoms with Crippen molar-refractivity contribution in [3.63, 3.8) is 0 Å². The smallest absolute Gasteiger partial charge is 0.272 e. The number of aromatic nitrogens is 2. The first kappa shape index (κ1) is 22.0. The Morgan fingerprint density at radius 2 is 2.07 bits per heavy atom. The van der Waals surface area contributed by atoms with E-state index in [0.29, 0.717) is 30.3 Å². The van der Waals surface area contributed by atoms with Gasteiger partial charge in [0.1, 0.15) is 18.1 Å². The molecule has 2 amide bonds. The molecule has 8 heteroatoms. The van der Waals surface area contributed by atoms with Gasteiger partial charge >= 0.3 is 0 Å². The molecule has 1 unspecified atom stereocenters. The van der Waals surface area contributed by atoms with E-state index in [1.165, 1.54) is 21.7 Å². The largest absolute Gasteiger partial charge is 0.370 e. The summed E-state index contributed by atoms with van der Waals surface area (Å²) in [5.41, 5.74) is 1.88. The van der Waals surface area contributed by atoms with Gasteiger partial charge in [0.15, 0.2) is 0 Å². The second kappa shape index (κ2) is 9.38. The Balaban J connectivity index is 1.79. The zero-order valence-electron chi connectivity index (χ0n) is 18.0. The lowest BCUT2D eigenvalue weighted by Gasteiger charge is -2.26. The lowest BCUT2D eigenvalue weighted by molar-refractivity contribution is -0.132. The second-order valence-corrected chi connectivity index (χ2v) is 8.24. The molecule has 3 rings (SSSR count). The monoisotopic (exact) mass is 416 g/mol. The Bertz CT molecular complexity index is 912. The Morgan fingerprint density at radius 1 is 1.30 bits per heavy atom. The van der Waals surface area contributed by atoms with Crippen LogP contribution in [0.4, 0.5) is 4.39 Å². The zero-order chi connectivity index (χ0) is 21.8. The number of aryl methyl sites for hydroxylation is 2. The topological polar surface area (TPSA) is 67.7 Å². The van der Waals surface area contributed by atoms with Gasteiger partial charge in [-0.25, -0.2) is 4.39 Å². The molecule has 1 aromatic heterocycles. The van der Waals surface area contributed by atoms with Crippen LogP contribution in [0.1, 0.15) is 35.6 Å². The molecule has 0 aliphatic carbocycles. The number of benzene rings is 1. The van der Waals surface area contributed by atoms with Crippen molar-refractivity contribution in [2.45, 2.75) is 33.5 Å². The van der Waals surface area contributed by atoms with E-state index in [1.807, 2.05) is 20.8 Å². The van der Waals surface area contributed by atoms with E-state index in [1.54, 1.807) is 30.1 Å². The summed E-state index contributed by atoms with van der Waals surface area (Å²) in [7, 11) is 1.71.